The number of aromatic nitrogens is 1. The maximum absolute atomic E-state index is 4.46. The van der Waals surface area contributed by atoms with Crippen LogP contribution in [0.2, 0.25) is 0 Å². The number of fused-ring (bicyclic) bond motifs is 1. The summed E-state index contributed by atoms with van der Waals surface area (Å²) in [4.78, 5) is 4.46. The molecule has 4 aromatic carbocycles. The second-order valence-electron chi connectivity index (χ2n) is 9.13. The van der Waals surface area contributed by atoms with Crippen LogP contribution in [0.3, 0.4) is 0 Å². The molecule has 0 saturated heterocycles. The molecule has 0 fully saturated rings. The molecule has 5 aromatic rings. The van der Waals surface area contributed by atoms with Crippen molar-refractivity contribution in [1.82, 2.24) is 15.4 Å². The van der Waals surface area contributed by atoms with E-state index >= 15 is 0 Å². The molecule has 1 aromatic heterocycles. The van der Waals surface area contributed by atoms with Gasteiger partial charge in [-0.1, -0.05) is 97.1 Å². The quantitative estimate of drug-likeness (QED) is 0.306. The van der Waals surface area contributed by atoms with Crippen molar-refractivity contribution in [2.24, 2.45) is 0 Å². The van der Waals surface area contributed by atoms with Crippen molar-refractivity contribution in [3.63, 3.8) is 0 Å². The van der Waals surface area contributed by atoms with Crippen molar-refractivity contribution in [1.29, 1.82) is 0 Å². The molecule has 1 aliphatic heterocycles. The minimum Gasteiger partial charge on any atom is -0.295 e. The summed E-state index contributed by atoms with van der Waals surface area (Å²) in [5, 5.41) is 3.28. The molecule has 6 rings (SSSR count). The van der Waals surface area contributed by atoms with Crippen molar-refractivity contribution in [3.8, 4) is 0 Å². The summed E-state index contributed by atoms with van der Waals surface area (Å²) in [5.41, 5.74) is 8.59. The highest BCUT2D eigenvalue weighted by atomic mass is 15.6. The number of benzene rings is 4. The zero-order chi connectivity index (χ0) is 23.7. The molecular weight excluding hydrogens is 426 g/mol. The van der Waals surface area contributed by atoms with Crippen molar-refractivity contribution in [2.45, 2.75) is 18.0 Å². The first kappa shape index (κ1) is 21.3. The smallest absolute Gasteiger partial charge is 0.130 e. The average Bonchev–Trinajstić information content (AvgIpc) is 3.34. The summed E-state index contributed by atoms with van der Waals surface area (Å²) in [6.07, 6.45) is 6.21. The first-order valence-electron chi connectivity index (χ1n) is 11.9. The van der Waals surface area contributed by atoms with E-state index in [4.69, 9.17) is 0 Å². The highest BCUT2D eigenvalue weighted by Gasteiger charge is 2.45. The van der Waals surface area contributed by atoms with Crippen molar-refractivity contribution in [2.75, 3.05) is 0 Å². The van der Waals surface area contributed by atoms with Gasteiger partial charge >= 0.3 is 0 Å². The Morgan fingerprint density at radius 2 is 1.34 bits per heavy atom. The van der Waals surface area contributed by atoms with Crippen LogP contribution in [-0.4, -0.2) is 9.99 Å². The van der Waals surface area contributed by atoms with E-state index in [2.05, 4.69) is 150 Å². The molecule has 1 aliphatic rings. The molecule has 1 atom stereocenters. The van der Waals surface area contributed by atoms with Gasteiger partial charge in [0.05, 0.1) is 11.1 Å². The second-order valence-corrected chi connectivity index (χ2v) is 9.13. The van der Waals surface area contributed by atoms with Gasteiger partial charge in [-0.25, -0.2) is 5.43 Å². The van der Waals surface area contributed by atoms with Gasteiger partial charge in [0, 0.05) is 17.8 Å². The normalized spacial score (nSPS) is 17.7. The summed E-state index contributed by atoms with van der Waals surface area (Å²) in [6, 6.07) is 43.7. The maximum Gasteiger partial charge on any atom is 0.130 e. The molecule has 0 bridgehead atoms. The Kier molecular flexibility index (Phi) is 5.20. The largest absolute Gasteiger partial charge is 0.295 e. The van der Waals surface area contributed by atoms with Gasteiger partial charge in [0.15, 0.2) is 0 Å². The molecular formula is C32H26N3. The molecule has 3 nitrogen and oxygen atoms in total. The van der Waals surface area contributed by atoms with Crippen LogP contribution < -0.4 is 5.43 Å². The van der Waals surface area contributed by atoms with Crippen LogP contribution in [0.1, 0.15) is 29.2 Å². The predicted octanol–water partition coefficient (Wildman–Crippen LogP) is 6.58. The van der Waals surface area contributed by atoms with Crippen LogP contribution in [0.25, 0.3) is 10.9 Å². The third kappa shape index (κ3) is 3.52. The van der Waals surface area contributed by atoms with Gasteiger partial charge < -0.3 is 0 Å². The molecule has 35 heavy (non-hydrogen) atoms. The van der Waals surface area contributed by atoms with E-state index in [1.807, 2.05) is 6.07 Å². The number of pyridine rings is 1. The lowest BCUT2D eigenvalue weighted by Gasteiger charge is -2.45. The number of rotatable bonds is 5. The van der Waals surface area contributed by atoms with Crippen LogP contribution in [0.15, 0.2) is 134 Å². The minimum absolute atomic E-state index is 0.401. The average molecular weight is 453 g/mol. The topological polar surface area (TPSA) is 28.2 Å². The Hall–Kier alpha value is -4.21. The van der Waals surface area contributed by atoms with E-state index in [-0.39, 0.29) is 0 Å². The third-order valence-electron chi connectivity index (χ3n) is 6.97. The molecule has 1 N–H and O–H groups in total. The van der Waals surface area contributed by atoms with Crippen molar-refractivity contribution >= 4 is 10.9 Å². The minimum atomic E-state index is -0.567. The summed E-state index contributed by atoms with van der Waals surface area (Å²) < 4.78 is 0. The standard InChI is InChI=1S/C32H26N3/c1-31(29-19-20-30-25(24-29)12-11-22-33-30)21-23-35(34-31)32(26-13-5-2-6-14-26,27-15-7-3-8-16-27)28-17-9-4-10-18-28/h2-11,13-24,34H,1H3. The third-order valence-corrected chi connectivity index (χ3v) is 6.97. The van der Waals surface area contributed by atoms with E-state index in [0.717, 1.165) is 16.5 Å². The Morgan fingerprint density at radius 3 is 1.91 bits per heavy atom. The summed E-state index contributed by atoms with van der Waals surface area (Å²) in [5.74, 6) is 0. The second kappa shape index (κ2) is 8.53. The van der Waals surface area contributed by atoms with E-state index in [1.165, 1.54) is 16.7 Å². The van der Waals surface area contributed by atoms with Crippen molar-refractivity contribution < 1.29 is 0 Å². The molecule has 0 saturated carbocycles. The van der Waals surface area contributed by atoms with E-state index in [9.17, 15) is 0 Å². The van der Waals surface area contributed by atoms with E-state index < -0.39 is 11.1 Å². The fraction of sp³-hybridized carbons (Fsp3) is 0.0938. The van der Waals surface area contributed by atoms with Gasteiger partial charge in [-0.3, -0.25) is 9.99 Å². The lowest BCUT2D eigenvalue weighted by atomic mass is 9.76. The van der Waals surface area contributed by atoms with E-state index in [0.29, 0.717) is 0 Å². The van der Waals surface area contributed by atoms with Gasteiger partial charge in [0.2, 0.25) is 0 Å². The summed E-state index contributed by atoms with van der Waals surface area (Å²) in [7, 11) is 0. The summed E-state index contributed by atoms with van der Waals surface area (Å²) >= 11 is 0. The zero-order valence-electron chi connectivity index (χ0n) is 19.6. The molecule has 3 heteroatoms. The molecule has 169 valence electrons. The molecule has 0 amide bonds. The van der Waals surface area contributed by atoms with Gasteiger partial charge in [-0.05, 0) is 59.5 Å². The Labute approximate surface area is 206 Å². The number of hydrazine groups is 1. The summed E-state index contributed by atoms with van der Waals surface area (Å²) in [6.45, 7) is 2.22. The fourth-order valence-electron chi connectivity index (χ4n) is 5.19. The predicted molar refractivity (Wildman–Crippen MR) is 141 cm³/mol. The highest BCUT2D eigenvalue weighted by molar-refractivity contribution is 5.78. The lowest BCUT2D eigenvalue weighted by Crippen LogP contribution is -2.54. The van der Waals surface area contributed by atoms with E-state index in [1.54, 1.807) is 6.20 Å². The molecule has 1 unspecified atom stereocenters. The Balaban J connectivity index is 1.53. The maximum atomic E-state index is 4.46. The number of hydrogen-bond donors (Lipinski definition) is 1. The monoisotopic (exact) mass is 452 g/mol. The lowest BCUT2D eigenvalue weighted by molar-refractivity contribution is 0.133. The number of nitrogens with one attached hydrogen (secondary N) is 1. The Bertz CT molecular complexity index is 1380. The van der Waals surface area contributed by atoms with Crippen LogP contribution in [-0.2, 0) is 11.1 Å². The zero-order valence-corrected chi connectivity index (χ0v) is 19.6. The number of nitrogens with zero attached hydrogens (tertiary/aromatic N) is 2. The van der Waals surface area contributed by atoms with Gasteiger partial charge in [0.1, 0.15) is 5.54 Å². The molecule has 1 radical (unpaired) electrons. The SMILES string of the molecule is CC1(c2ccc3ncc[c]c3c2)C=CN(C(c2ccccc2)(c2ccccc2)c2ccccc2)N1. The van der Waals surface area contributed by atoms with Crippen LogP contribution >= 0.6 is 0 Å². The number of hydrogen-bond acceptors (Lipinski definition) is 3. The molecule has 0 spiro atoms. The van der Waals surface area contributed by atoms with Crippen LogP contribution in [0.5, 0.6) is 0 Å². The highest BCUT2D eigenvalue weighted by Crippen LogP contribution is 2.45. The molecule has 2 heterocycles. The fourth-order valence-corrected chi connectivity index (χ4v) is 5.19. The first-order chi connectivity index (χ1) is 17.2. The van der Waals surface area contributed by atoms with Crippen LogP contribution in [0, 0.1) is 6.07 Å². The van der Waals surface area contributed by atoms with Gasteiger partial charge in [-0.15, -0.1) is 0 Å². The Morgan fingerprint density at radius 1 is 0.771 bits per heavy atom. The van der Waals surface area contributed by atoms with Gasteiger partial charge in [-0.2, -0.15) is 0 Å². The van der Waals surface area contributed by atoms with Crippen molar-refractivity contribution in [3.05, 3.63) is 162 Å². The van der Waals surface area contributed by atoms with Gasteiger partial charge in [0.25, 0.3) is 0 Å². The first-order valence-corrected chi connectivity index (χ1v) is 11.9. The van der Waals surface area contributed by atoms with Crippen LogP contribution in [0.4, 0.5) is 0 Å². The molecule has 0 aliphatic carbocycles.